The number of β-amino-alcohol motifs (C(OH)–C–C–N with tert-alkyl or cyclic N) is 1. The lowest BCUT2D eigenvalue weighted by Gasteiger charge is -2.33. The van der Waals surface area contributed by atoms with Crippen molar-refractivity contribution in [3.8, 4) is 22.9 Å². The standard InChI is InChI=1S/C23H25ClN4O2/c1-16(29)12-27-8-2-3-18(13-27)14-30-22-9-20(19-6-4-17(10-25)5-7-19)23(24)28-15-26-11-21(22)28/h4-7,9,11,15-16,18,29H,2-3,8,12-14H2,1H3/t16?,18-/m1/s1. The van der Waals surface area contributed by atoms with Crippen LogP contribution in [0.1, 0.15) is 25.3 Å². The van der Waals surface area contributed by atoms with E-state index in [0.29, 0.717) is 29.8 Å². The Hall–Kier alpha value is -2.59. The Balaban J connectivity index is 1.57. The lowest BCUT2D eigenvalue weighted by atomic mass is 9.98. The summed E-state index contributed by atoms with van der Waals surface area (Å²) in [7, 11) is 0. The van der Waals surface area contributed by atoms with E-state index in [2.05, 4.69) is 16.0 Å². The maximum Gasteiger partial charge on any atom is 0.145 e. The molecule has 0 radical (unpaired) electrons. The summed E-state index contributed by atoms with van der Waals surface area (Å²) in [4.78, 5) is 6.55. The van der Waals surface area contributed by atoms with Gasteiger partial charge < -0.3 is 14.7 Å². The second kappa shape index (κ2) is 9.05. The molecule has 1 saturated heterocycles. The summed E-state index contributed by atoms with van der Waals surface area (Å²) in [6.07, 6.45) is 5.34. The number of hydrogen-bond donors (Lipinski definition) is 1. The zero-order valence-corrected chi connectivity index (χ0v) is 17.7. The SMILES string of the molecule is CC(O)CN1CCC[C@@H](COc2cc(-c3ccc(C#N)cc3)c(Cl)n3cncc23)C1. The van der Waals surface area contributed by atoms with Gasteiger partial charge in [0.1, 0.15) is 22.7 Å². The first-order chi connectivity index (χ1) is 14.5. The zero-order chi connectivity index (χ0) is 21.1. The van der Waals surface area contributed by atoms with E-state index in [1.165, 1.54) is 0 Å². The third-order valence-electron chi connectivity index (χ3n) is 5.53. The molecular formula is C23H25ClN4O2. The number of pyridine rings is 1. The van der Waals surface area contributed by atoms with Gasteiger partial charge in [0.15, 0.2) is 0 Å². The smallest absolute Gasteiger partial charge is 0.145 e. The summed E-state index contributed by atoms with van der Waals surface area (Å²) < 4.78 is 8.10. The van der Waals surface area contributed by atoms with Crippen molar-refractivity contribution in [3.05, 3.63) is 53.6 Å². The third kappa shape index (κ3) is 4.44. The number of aliphatic hydroxyl groups is 1. The van der Waals surface area contributed by atoms with Crippen LogP contribution in [0.2, 0.25) is 5.15 Å². The first kappa shape index (κ1) is 20.7. The third-order valence-corrected chi connectivity index (χ3v) is 5.91. The number of aliphatic hydroxyl groups excluding tert-OH is 1. The number of likely N-dealkylation sites (tertiary alicyclic amines) is 1. The summed E-state index contributed by atoms with van der Waals surface area (Å²) >= 11 is 6.65. The van der Waals surface area contributed by atoms with Gasteiger partial charge in [-0.3, -0.25) is 4.40 Å². The van der Waals surface area contributed by atoms with E-state index in [-0.39, 0.29) is 6.10 Å². The molecule has 156 valence electrons. The fraction of sp³-hybridized carbons (Fsp3) is 0.391. The summed E-state index contributed by atoms with van der Waals surface area (Å²) in [5.41, 5.74) is 3.18. The van der Waals surface area contributed by atoms with Gasteiger partial charge in [0.2, 0.25) is 0 Å². The Morgan fingerprint density at radius 3 is 2.90 bits per heavy atom. The first-order valence-corrected chi connectivity index (χ1v) is 10.6. The van der Waals surface area contributed by atoms with Crippen LogP contribution in [-0.2, 0) is 0 Å². The predicted octanol–water partition coefficient (Wildman–Crippen LogP) is 4.00. The largest absolute Gasteiger partial charge is 0.491 e. The van der Waals surface area contributed by atoms with Gasteiger partial charge >= 0.3 is 0 Å². The lowest BCUT2D eigenvalue weighted by Crippen LogP contribution is -2.41. The highest BCUT2D eigenvalue weighted by molar-refractivity contribution is 6.32. The Morgan fingerprint density at radius 1 is 1.37 bits per heavy atom. The number of piperidine rings is 1. The fourth-order valence-corrected chi connectivity index (χ4v) is 4.40. The normalized spacial score (nSPS) is 18.3. The Labute approximate surface area is 181 Å². The van der Waals surface area contributed by atoms with Gasteiger partial charge in [-0.15, -0.1) is 0 Å². The van der Waals surface area contributed by atoms with E-state index in [9.17, 15) is 5.11 Å². The molecule has 1 unspecified atom stereocenters. The van der Waals surface area contributed by atoms with Gasteiger partial charge in [-0.05, 0) is 50.1 Å². The van der Waals surface area contributed by atoms with Gasteiger partial charge in [-0.25, -0.2) is 4.98 Å². The summed E-state index contributed by atoms with van der Waals surface area (Å²) in [5.74, 6) is 1.15. The maximum absolute atomic E-state index is 9.68. The second-order valence-corrected chi connectivity index (χ2v) is 8.34. The molecule has 0 bridgehead atoms. The molecular weight excluding hydrogens is 400 g/mol. The van der Waals surface area contributed by atoms with Crippen LogP contribution in [0.25, 0.3) is 16.6 Å². The molecule has 6 nitrogen and oxygen atoms in total. The molecule has 1 aliphatic rings. The van der Waals surface area contributed by atoms with Gasteiger partial charge in [-0.1, -0.05) is 23.7 Å². The number of ether oxygens (including phenoxy) is 1. The number of benzene rings is 1. The Morgan fingerprint density at radius 2 is 2.17 bits per heavy atom. The van der Waals surface area contributed by atoms with Crippen LogP contribution in [0.5, 0.6) is 5.75 Å². The predicted molar refractivity (Wildman–Crippen MR) is 117 cm³/mol. The minimum atomic E-state index is -0.317. The van der Waals surface area contributed by atoms with Crippen LogP contribution in [0.3, 0.4) is 0 Å². The Bertz CT molecular complexity index is 1060. The highest BCUT2D eigenvalue weighted by Gasteiger charge is 2.22. The lowest BCUT2D eigenvalue weighted by molar-refractivity contribution is 0.0799. The van der Waals surface area contributed by atoms with E-state index < -0.39 is 0 Å². The first-order valence-electron chi connectivity index (χ1n) is 10.2. The molecule has 0 saturated carbocycles. The minimum Gasteiger partial charge on any atom is -0.491 e. The summed E-state index contributed by atoms with van der Waals surface area (Å²) in [6, 6.07) is 11.4. The molecule has 1 N–H and O–H groups in total. The Kier molecular flexibility index (Phi) is 6.24. The number of halogens is 1. The number of aromatic nitrogens is 2. The number of imidazole rings is 1. The van der Waals surface area contributed by atoms with Gasteiger partial charge in [0.05, 0.1) is 30.5 Å². The second-order valence-electron chi connectivity index (χ2n) is 7.98. The number of nitrogens with zero attached hydrogens (tertiary/aromatic N) is 4. The van der Waals surface area contributed by atoms with E-state index >= 15 is 0 Å². The van der Waals surface area contributed by atoms with Crippen LogP contribution >= 0.6 is 11.6 Å². The maximum atomic E-state index is 9.68. The van der Waals surface area contributed by atoms with Crippen LogP contribution < -0.4 is 4.74 Å². The molecule has 7 heteroatoms. The van der Waals surface area contributed by atoms with Crippen molar-refractivity contribution in [2.75, 3.05) is 26.2 Å². The zero-order valence-electron chi connectivity index (χ0n) is 17.0. The topological polar surface area (TPSA) is 73.8 Å². The number of nitriles is 1. The fourth-order valence-electron chi connectivity index (χ4n) is 4.10. The van der Waals surface area contributed by atoms with Crippen molar-refractivity contribution in [1.82, 2.24) is 14.3 Å². The van der Waals surface area contributed by atoms with E-state index in [0.717, 1.165) is 48.3 Å². The van der Waals surface area contributed by atoms with Gasteiger partial charge in [-0.2, -0.15) is 5.26 Å². The number of hydrogen-bond acceptors (Lipinski definition) is 5. The van der Waals surface area contributed by atoms with Crippen molar-refractivity contribution in [2.45, 2.75) is 25.9 Å². The van der Waals surface area contributed by atoms with Crippen LogP contribution in [0.15, 0.2) is 42.9 Å². The van der Waals surface area contributed by atoms with Crippen molar-refractivity contribution in [2.24, 2.45) is 5.92 Å². The molecule has 0 amide bonds. The highest BCUT2D eigenvalue weighted by atomic mass is 35.5. The van der Waals surface area contributed by atoms with Gasteiger partial charge in [0, 0.05) is 24.6 Å². The molecule has 0 aliphatic carbocycles. The summed E-state index contributed by atoms with van der Waals surface area (Å²) in [5, 5.41) is 19.3. The van der Waals surface area contributed by atoms with Crippen LogP contribution in [-0.4, -0.2) is 51.7 Å². The summed E-state index contributed by atoms with van der Waals surface area (Å²) in [6.45, 7) is 5.09. The quantitative estimate of drug-likeness (QED) is 0.605. The number of fused-ring (bicyclic) bond motifs is 1. The average Bonchev–Trinajstić information content (AvgIpc) is 3.24. The van der Waals surface area contributed by atoms with Crippen LogP contribution in [0, 0.1) is 17.2 Å². The molecule has 30 heavy (non-hydrogen) atoms. The minimum absolute atomic E-state index is 0.317. The van der Waals surface area contributed by atoms with Crippen molar-refractivity contribution in [3.63, 3.8) is 0 Å². The number of rotatable bonds is 6. The molecule has 2 aromatic heterocycles. The molecule has 1 aromatic carbocycles. The highest BCUT2D eigenvalue weighted by Crippen LogP contribution is 2.35. The molecule has 3 heterocycles. The van der Waals surface area contributed by atoms with Gasteiger partial charge in [0.25, 0.3) is 0 Å². The molecule has 4 rings (SSSR count). The molecule has 0 spiro atoms. The van der Waals surface area contributed by atoms with E-state index in [1.807, 2.05) is 29.5 Å². The molecule has 1 fully saturated rings. The van der Waals surface area contributed by atoms with Crippen molar-refractivity contribution >= 4 is 17.1 Å². The molecule has 2 atom stereocenters. The average molecular weight is 425 g/mol. The van der Waals surface area contributed by atoms with Crippen molar-refractivity contribution < 1.29 is 9.84 Å². The van der Waals surface area contributed by atoms with E-state index in [1.54, 1.807) is 24.7 Å². The van der Waals surface area contributed by atoms with Crippen molar-refractivity contribution in [1.29, 1.82) is 5.26 Å². The molecule has 1 aliphatic heterocycles. The molecule has 3 aromatic rings. The monoisotopic (exact) mass is 424 g/mol. The van der Waals surface area contributed by atoms with E-state index in [4.69, 9.17) is 21.6 Å². The van der Waals surface area contributed by atoms with Crippen LogP contribution in [0.4, 0.5) is 0 Å².